The van der Waals surface area contributed by atoms with Crippen LogP contribution in [0.5, 0.6) is 0 Å². The largest absolute Gasteiger partial charge is 0.444 e. The molecule has 4 nitrogen and oxygen atoms in total. The number of carbonyl (C=O) groups excluding carboxylic acids is 1. The van der Waals surface area contributed by atoms with E-state index in [0.29, 0.717) is 6.54 Å². The average molecular weight is 324 g/mol. The lowest BCUT2D eigenvalue weighted by atomic mass is 10.1. The Labute approximate surface area is 138 Å². The molecule has 0 aromatic heterocycles. The highest BCUT2D eigenvalue weighted by Crippen LogP contribution is 2.14. The van der Waals surface area contributed by atoms with E-state index in [9.17, 15) is 9.18 Å². The maximum Gasteiger partial charge on any atom is 0.407 e. The third kappa shape index (κ3) is 7.98. The summed E-state index contributed by atoms with van der Waals surface area (Å²) in [7, 11) is 0. The summed E-state index contributed by atoms with van der Waals surface area (Å²) in [5.74, 6) is -0.238. The van der Waals surface area contributed by atoms with Crippen LogP contribution >= 0.6 is 0 Å². The molecular formula is C18H29FN2O2. The minimum absolute atomic E-state index is 0.0765. The molecule has 0 bridgehead atoms. The van der Waals surface area contributed by atoms with Crippen LogP contribution in [0.1, 0.15) is 59.1 Å². The van der Waals surface area contributed by atoms with Gasteiger partial charge in [0.05, 0.1) is 0 Å². The summed E-state index contributed by atoms with van der Waals surface area (Å²) in [5.41, 5.74) is 0.517. The summed E-state index contributed by atoms with van der Waals surface area (Å²) in [5, 5.41) is 6.29. The van der Waals surface area contributed by atoms with Crippen molar-refractivity contribution >= 4 is 6.09 Å². The van der Waals surface area contributed by atoms with Crippen molar-refractivity contribution in [1.82, 2.24) is 10.6 Å². The number of amides is 1. The van der Waals surface area contributed by atoms with E-state index in [-0.39, 0.29) is 17.9 Å². The van der Waals surface area contributed by atoms with E-state index in [1.807, 2.05) is 27.7 Å². The summed E-state index contributed by atoms with van der Waals surface area (Å²) in [6.45, 7) is 10.1. The first-order valence-corrected chi connectivity index (χ1v) is 8.19. The lowest BCUT2D eigenvalue weighted by Crippen LogP contribution is -2.43. The molecule has 0 aliphatic carbocycles. The molecule has 0 aliphatic rings. The second-order valence-corrected chi connectivity index (χ2v) is 6.81. The molecular weight excluding hydrogens is 295 g/mol. The van der Waals surface area contributed by atoms with Gasteiger partial charge in [-0.25, -0.2) is 9.18 Å². The maximum absolute atomic E-state index is 13.0. The highest BCUT2D eigenvalue weighted by atomic mass is 19.1. The van der Waals surface area contributed by atoms with Gasteiger partial charge < -0.3 is 15.4 Å². The first kappa shape index (κ1) is 19.4. The Morgan fingerprint density at radius 3 is 2.39 bits per heavy atom. The van der Waals surface area contributed by atoms with E-state index >= 15 is 0 Å². The van der Waals surface area contributed by atoms with Crippen LogP contribution in [0.3, 0.4) is 0 Å². The van der Waals surface area contributed by atoms with Crippen LogP contribution in [0.25, 0.3) is 0 Å². The topological polar surface area (TPSA) is 50.4 Å². The third-order valence-electron chi connectivity index (χ3n) is 3.38. The maximum atomic E-state index is 13.0. The highest BCUT2D eigenvalue weighted by molar-refractivity contribution is 5.67. The van der Waals surface area contributed by atoms with Crippen LogP contribution in [0.15, 0.2) is 24.3 Å². The Hall–Kier alpha value is -1.62. The second kappa shape index (κ2) is 8.87. The van der Waals surface area contributed by atoms with E-state index < -0.39 is 11.7 Å². The van der Waals surface area contributed by atoms with Crippen molar-refractivity contribution in [2.45, 2.75) is 65.1 Å². The fourth-order valence-electron chi connectivity index (χ4n) is 2.31. The van der Waals surface area contributed by atoms with E-state index in [1.165, 1.54) is 12.1 Å². The first-order chi connectivity index (χ1) is 10.7. The van der Waals surface area contributed by atoms with Crippen molar-refractivity contribution < 1.29 is 13.9 Å². The van der Waals surface area contributed by atoms with Crippen molar-refractivity contribution in [3.63, 3.8) is 0 Å². The molecule has 5 heteroatoms. The highest BCUT2D eigenvalue weighted by Gasteiger charge is 2.18. The Morgan fingerprint density at radius 1 is 1.26 bits per heavy atom. The Bertz CT molecular complexity index is 483. The van der Waals surface area contributed by atoms with E-state index in [4.69, 9.17) is 4.74 Å². The van der Waals surface area contributed by atoms with Crippen molar-refractivity contribution in [3.8, 4) is 0 Å². The molecule has 0 heterocycles. The number of hydrogen-bond donors (Lipinski definition) is 2. The molecule has 0 spiro atoms. The van der Waals surface area contributed by atoms with Gasteiger partial charge in [-0.3, -0.25) is 0 Å². The number of alkyl carbamates (subject to hydrolysis) is 1. The molecule has 1 aromatic rings. The summed E-state index contributed by atoms with van der Waals surface area (Å²) < 4.78 is 18.2. The molecule has 1 aromatic carbocycles. The van der Waals surface area contributed by atoms with Crippen molar-refractivity contribution in [2.24, 2.45) is 0 Å². The number of carbonyl (C=O) groups is 1. The SMILES string of the molecule is CCCC(CNC(=O)OC(C)(C)C)NC(C)c1ccc(F)cc1. The molecule has 2 unspecified atom stereocenters. The zero-order valence-corrected chi connectivity index (χ0v) is 14.8. The Morgan fingerprint density at radius 2 is 1.87 bits per heavy atom. The normalized spacial score (nSPS) is 14.2. The summed E-state index contributed by atoms with van der Waals surface area (Å²) in [4.78, 5) is 11.8. The van der Waals surface area contributed by atoms with E-state index in [0.717, 1.165) is 18.4 Å². The summed E-state index contributed by atoms with van der Waals surface area (Å²) in [6, 6.07) is 6.68. The van der Waals surface area contributed by atoms with Crippen molar-refractivity contribution in [3.05, 3.63) is 35.6 Å². The number of halogens is 1. The standard InChI is InChI=1S/C18H29FN2O2/c1-6-7-16(12-20-17(22)23-18(3,4)5)21-13(2)14-8-10-15(19)11-9-14/h8-11,13,16,21H,6-7,12H2,1-5H3,(H,20,22). The van der Waals surface area contributed by atoms with Gasteiger partial charge in [-0.2, -0.15) is 0 Å². The van der Waals surface area contributed by atoms with E-state index in [1.54, 1.807) is 12.1 Å². The molecule has 0 aliphatic heterocycles. The second-order valence-electron chi connectivity index (χ2n) is 6.81. The predicted octanol–water partition coefficient (Wildman–Crippen LogP) is 4.17. The minimum atomic E-state index is -0.501. The molecule has 23 heavy (non-hydrogen) atoms. The van der Waals surface area contributed by atoms with Gasteiger partial charge in [-0.15, -0.1) is 0 Å². The van der Waals surface area contributed by atoms with Crippen molar-refractivity contribution in [2.75, 3.05) is 6.54 Å². The smallest absolute Gasteiger partial charge is 0.407 e. The van der Waals surface area contributed by atoms with Gasteiger partial charge in [-0.05, 0) is 51.8 Å². The predicted molar refractivity (Wildman–Crippen MR) is 90.9 cm³/mol. The van der Waals surface area contributed by atoms with Crippen LogP contribution in [0, 0.1) is 5.82 Å². The van der Waals surface area contributed by atoms with Crippen LogP contribution < -0.4 is 10.6 Å². The molecule has 130 valence electrons. The molecule has 0 radical (unpaired) electrons. The van der Waals surface area contributed by atoms with Crippen LogP contribution in [-0.4, -0.2) is 24.3 Å². The van der Waals surface area contributed by atoms with Crippen LogP contribution in [-0.2, 0) is 4.74 Å². The van der Waals surface area contributed by atoms with Gasteiger partial charge in [0.2, 0.25) is 0 Å². The van der Waals surface area contributed by atoms with Gasteiger partial charge in [-0.1, -0.05) is 25.5 Å². The number of hydrogen-bond acceptors (Lipinski definition) is 3. The van der Waals surface area contributed by atoms with Gasteiger partial charge in [0.15, 0.2) is 0 Å². The van der Waals surface area contributed by atoms with Crippen LogP contribution in [0.2, 0.25) is 0 Å². The molecule has 1 rings (SSSR count). The van der Waals surface area contributed by atoms with Gasteiger partial charge in [0, 0.05) is 18.6 Å². The monoisotopic (exact) mass is 324 g/mol. The van der Waals surface area contributed by atoms with E-state index in [2.05, 4.69) is 17.6 Å². The molecule has 0 saturated heterocycles. The molecule has 0 fully saturated rings. The molecule has 0 saturated carbocycles. The molecule has 1 amide bonds. The zero-order chi connectivity index (χ0) is 17.5. The van der Waals surface area contributed by atoms with Gasteiger partial charge in [0.25, 0.3) is 0 Å². The number of ether oxygens (including phenoxy) is 1. The van der Waals surface area contributed by atoms with Gasteiger partial charge >= 0.3 is 6.09 Å². The minimum Gasteiger partial charge on any atom is -0.444 e. The fraction of sp³-hybridized carbons (Fsp3) is 0.611. The Balaban J connectivity index is 2.54. The summed E-state index contributed by atoms with van der Waals surface area (Å²) >= 11 is 0. The first-order valence-electron chi connectivity index (χ1n) is 8.19. The van der Waals surface area contributed by atoms with Gasteiger partial charge in [0.1, 0.15) is 11.4 Å². The number of rotatable bonds is 7. The summed E-state index contributed by atoms with van der Waals surface area (Å²) in [6.07, 6.45) is 1.53. The Kier molecular flexibility index (Phi) is 7.49. The molecule has 2 N–H and O–H groups in total. The lowest BCUT2D eigenvalue weighted by Gasteiger charge is -2.25. The molecule has 2 atom stereocenters. The fourth-order valence-corrected chi connectivity index (χ4v) is 2.31. The number of benzene rings is 1. The number of nitrogens with one attached hydrogen (secondary N) is 2. The average Bonchev–Trinajstić information content (AvgIpc) is 2.44. The lowest BCUT2D eigenvalue weighted by molar-refractivity contribution is 0.0521. The third-order valence-corrected chi connectivity index (χ3v) is 3.38. The van der Waals surface area contributed by atoms with Crippen LogP contribution in [0.4, 0.5) is 9.18 Å². The zero-order valence-electron chi connectivity index (χ0n) is 14.8. The quantitative estimate of drug-likeness (QED) is 0.791. The van der Waals surface area contributed by atoms with Crippen molar-refractivity contribution in [1.29, 1.82) is 0 Å².